The first kappa shape index (κ1) is 20.6. The molecule has 0 saturated carbocycles. The molecule has 0 aliphatic heterocycles. The van der Waals surface area contributed by atoms with Gasteiger partial charge in [0.2, 0.25) is 5.95 Å². The molecule has 3 aromatic rings. The molecule has 0 saturated heterocycles. The van der Waals surface area contributed by atoms with Crippen LogP contribution in [0.3, 0.4) is 0 Å². The molecule has 0 fully saturated rings. The summed E-state index contributed by atoms with van der Waals surface area (Å²) in [6.45, 7) is 5.72. The number of hydrogen-bond acceptors (Lipinski definition) is 6. The molecular weight excluding hydrogens is 394 g/mol. The molecule has 1 amide bonds. The third kappa shape index (κ3) is 4.32. The third-order valence-electron chi connectivity index (χ3n) is 4.65. The van der Waals surface area contributed by atoms with E-state index in [1.54, 1.807) is 18.3 Å². The standard InChI is InChI=1S/C19H23N5O4S/c1-8(2)6-11(18(27)28)22-16(25)13-5-4-12(29-13)9(3)10-7-21-15-14(10)17(26)24-19(20)23-15/h4-5,7-9,11H,6H2,1-3H3,(H,22,25)(H,27,28)(H4,20,21,23,24,26)/t9?,11-/m0/s1. The first-order valence-electron chi connectivity index (χ1n) is 9.17. The van der Waals surface area contributed by atoms with Crippen LogP contribution in [0, 0.1) is 5.92 Å². The van der Waals surface area contributed by atoms with Gasteiger partial charge in [-0.2, -0.15) is 4.98 Å². The highest BCUT2D eigenvalue weighted by Gasteiger charge is 2.24. The van der Waals surface area contributed by atoms with Crippen LogP contribution in [0.1, 0.15) is 53.2 Å². The molecule has 0 aliphatic rings. The van der Waals surface area contributed by atoms with E-state index in [0.717, 1.165) is 10.4 Å². The first-order chi connectivity index (χ1) is 13.7. The summed E-state index contributed by atoms with van der Waals surface area (Å²) in [7, 11) is 0. The van der Waals surface area contributed by atoms with E-state index in [9.17, 15) is 19.5 Å². The van der Waals surface area contributed by atoms with E-state index in [4.69, 9.17) is 5.73 Å². The number of H-pyrrole nitrogens is 2. The van der Waals surface area contributed by atoms with Crippen molar-refractivity contribution in [2.24, 2.45) is 5.92 Å². The van der Waals surface area contributed by atoms with E-state index >= 15 is 0 Å². The Balaban J connectivity index is 1.83. The number of aromatic amines is 2. The van der Waals surface area contributed by atoms with E-state index in [2.05, 4.69) is 20.3 Å². The molecule has 0 aromatic carbocycles. The lowest BCUT2D eigenvalue weighted by Crippen LogP contribution is -2.41. The largest absolute Gasteiger partial charge is 0.480 e. The molecule has 10 heteroatoms. The van der Waals surface area contributed by atoms with Gasteiger partial charge in [-0.25, -0.2) is 4.79 Å². The SMILES string of the molecule is CC(C)C[C@H](NC(=O)c1ccc(C(C)c2c[nH]c3nc(N)[nH]c(=O)c23)s1)C(=O)O. The highest BCUT2D eigenvalue weighted by atomic mass is 32.1. The summed E-state index contributed by atoms with van der Waals surface area (Å²) < 4.78 is 0. The van der Waals surface area contributed by atoms with Gasteiger partial charge in [-0.15, -0.1) is 11.3 Å². The Morgan fingerprint density at radius 2 is 2.03 bits per heavy atom. The fourth-order valence-electron chi connectivity index (χ4n) is 3.21. The Bertz CT molecular complexity index is 1110. The quantitative estimate of drug-likeness (QED) is 0.397. The number of nitrogens with two attached hydrogens (primary N) is 1. The Morgan fingerprint density at radius 3 is 2.69 bits per heavy atom. The number of thiophene rings is 1. The molecule has 3 rings (SSSR count). The van der Waals surface area contributed by atoms with Crippen molar-refractivity contribution in [1.29, 1.82) is 0 Å². The number of rotatable bonds is 7. The van der Waals surface area contributed by atoms with Crippen molar-refractivity contribution in [1.82, 2.24) is 20.3 Å². The van der Waals surface area contributed by atoms with Crippen molar-refractivity contribution in [3.05, 3.63) is 44.0 Å². The number of aliphatic carboxylic acids is 1. The maximum absolute atomic E-state index is 12.5. The predicted molar refractivity (Wildman–Crippen MR) is 111 cm³/mol. The van der Waals surface area contributed by atoms with Gasteiger partial charge in [0.05, 0.1) is 10.3 Å². The number of hydrogen-bond donors (Lipinski definition) is 5. The highest BCUT2D eigenvalue weighted by Crippen LogP contribution is 2.32. The maximum atomic E-state index is 12.5. The minimum atomic E-state index is -1.05. The molecule has 154 valence electrons. The summed E-state index contributed by atoms with van der Waals surface area (Å²) in [6.07, 6.45) is 2.06. The van der Waals surface area contributed by atoms with Gasteiger partial charge in [0.15, 0.2) is 0 Å². The average molecular weight is 417 g/mol. The molecule has 2 atom stereocenters. The second-order valence-corrected chi connectivity index (χ2v) is 8.45. The zero-order chi connectivity index (χ0) is 21.3. The fraction of sp³-hybridized carbons (Fsp3) is 0.368. The van der Waals surface area contributed by atoms with Crippen LogP contribution < -0.4 is 16.6 Å². The maximum Gasteiger partial charge on any atom is 0.326 e. The van der Waals surface area contributed by atoms with E-state index in [1.165, 1.54) is 11.3 Å². The molecule has 0 radical (unpaired) electrons. The summed E-state index contributed by atoms with van der Waals surface area (Å²) >= 11 is 1.26. The van der Waals surface area contributed by atoms with Crippen LogP contribution in [-0.2, 0) is 4.79 Å². The first-order valence-corrected chi connectivity index (χ1v) is 9.99. The summed E-state index contributed by atoms with van der Waals surface area (Å²) in [5, 5.41) is 12.3. The van der Waals surface area contributed by atoms with Gasteiger partial charge in [0.25, 0.3) is 11.5 Å². The lowest BCUT2D eigenvalue weighted by atomic mass is 10.0. The third-order valence-corrected chi connectivity index (χ3v) is 5.91. The second kappa shape index (κ2) is 8.08. The van der Waals surface area contributed by atoms with Crippen molar-refractivity contribution >= 4 is 40.2 Å². The normalized spacial score (nSPS) is 13.5. The molecule has 0 spiro atoms. The Morgan fingerprint density at radius 1 is 1.31 bits per heavy atom. The Labute approximate surface area is 170 Å². The van der Waals surface area contributed by atoms with Crippen LogP contribution in [0.4, 0.5) is 5.95 Å². The molecule has 0 aliphatic carbocycles. The smallest absolute Gasteiger partial charge is 0.326 e. The van der Waals surface area contributed by atoms with Crippen LogP contribution in [0.25, 0.3) is 11.0 Å². The Hall–Kier alpha value is -3.14. The molecule has 0 bridgehead atoms. The number of nitrogens with one attached hydrogen (secondary N) is 3. The molecular formula is C19H23N5O4S. The van der Waals surface area contributed by atoms with Gasteiger partial charge in [0.1, 0.15) is 11.7 Å². The molecule has 3 aromatic heterocycles. The van der Waals surface area contributed by atoms with Crippen molar-refractivity contribution in [2.75, 3.05) is 5.73 Å². The van der Waals surface area contributed by atoms with E-state index in [1.807, 2.05) is 20.8 Å². The summed E-state index contributed by atoms with van der Waals surface area (Å²) in [4.78, 5) is 47.0. The predicted octanol–water partition coefficient (Wildman–Crippen LogP) is 2.28. The molecule has 1 unspecified atom stereocenters. The van der Waals surface area contributed by atoms with Crippen molar-refractivity contribution in [3.63, 3.8) is 0 Å². The zero-order valence-electron chi connectivity index (χ0n) is 16.3. The van der Waals surface area contributed by atoms with Crippen LogP contribution in [-0.4, -0.2) is 38.0 Å². The topological polar surface area (TPSA) is 154 Å². The Kier molecular flexibility index (Phi) is 5.73. The number of fused-ring (bicyclic) bond motifs is 1. The van der Waals surface area contributed by atoms with Crippen molar-refractivity contribution in [2.45, 2.75) is 39.2 Å². The van der Waals surface area contributed by atoms with Crippen LogP contribution >= 0.6 is 11.3 Å². The lowest BCUT2D eigenvalue weighted by molar-refractivity contribution is -0.139. The van der Waals surface area contributed by atoms with Crippen molar-refractivity contribution < 1.29 is 14.7 Å². The number of anilines is 1. The summed E-state index contributed by atoms with van der Waals surface area (Å²) in [6, 6.07) is 2.53. The van der Waals surface area contributed by atoms with E-state index < -0.39 is 17.9 Å². The van der Waals surface area contributed by atoms with Crippen LogP contribution in [0.2, 0.25) is 0 Å². The number of carboxylic acid groups (broad SMARTS) is 1. The van der Waals surface area contributed by atoms with Crippen molar-refractivity contribution in [3.8, 4) is 0 Å². The number of carbonyl (C=O) groups excluding carboxylic acids is 1. The highest BCUT2D eigenvalue weighted by molar-refractivity contribution is 7.14. The average Bonchev–Trinajstić information content (AvgIpc) is 3.27. The van der Waals surface area contributed by atoms with Gasteiger partial charge in [-0.1, -0.05) is 20.8 Å². The van der Waals surface area contributed by atoms with Gasteiger partial charge in [-0.3, -0.25) is 14.6 Å². The number of carbonyl (C=O) groups is 2. The number of nitrogens with zero attached hydrogens (tertiary/aromatic N) is 1. The second-order valence-electron chi connectivity index (χ2n) is 7.34. The van der Waals surface area contributed by atoms with E-state index in [0.29, 0.717) is 22.3 Å². The molecule has 29 heavy (non-hydrogen) atoms. The zero-order valence-corrected chi connectivity index (χ0v) is 17.1. The minimum Gasteiger partial charge on any atom is -0.480 e. The number of nitrogen functional groups attached to an aromatic ring is 1. The molecule has 6 N–H and O–H groups in total. The number of amides is 1. The lowest BCUT2D eigenvalue weighted by Gasteiger charge is -2.15. The molecule has 9 nitrogen and oxygen atoms in total. The minimum absolute atomic E-state index is 0.0352. The van der Waals surface area contributed by atoms with Gasteiger partial charge < -0.3 is 21.1 Å². The monoisotopic (exact) mass is 417 g/mol. The van der Waals surface area contributed by atoms with Gasteiger partial charge in [0, 0.05) is 17.0 Å². The number of carboxylic acids is 1. The summed E-state index contributed by atoms with van der Waals surface area (Å²) in [5.74, 6) is -1.48. The van der Waals surface area contributed by atoms with Gasteiger partial charge in [-0.05, 0) is 30.0 Å². The van der Waals surface area contributed by atoms with Crippen LogP contribution in [0.5, 0.6) is 0 Å². The molecule has 3 heterocycles. The summed E-state index contributed by atoms with van der Waals surface area (Å²) in [5.41, 5.74) is 6.39. The van der Waals surface area contributed by atoms with E-state index in [-0.39, 0.29) is 23.3 Å². The fourth-order valence-corrected chi connectivity index (χ4v) is 4.19. The van der Waals surface area contributed by atoms with Gasteiger partial charge >= 0.3 is 5.97 Å². The number of aromatic nitrogens is 3. The van der Waals surface area contributed by atoms with Crippen LogP contribution in [0.15, 0.2) is 23.1 Å².